The van der Waals surface area contributed by atoms with Crippen LogP contribution in [0.4, 0.5) is 0 Å². The molecule has 1 aromatic carbocycles. The maximum atomic E-state index is 14.1. The summed E-state index contributed by atoms with van der Waals surface area (Å²) in [6.07, 6.45) is 7.51. The lowest BCUT2D eigenvalue weighted by molar-refractivity contribution is -0.143. The number of hydrogen-bond acceptors (Lipinski definition) is 10. The van der Waals surface area contributed by atoms with Gasteiger partial charge in [0.05, 0.1) is 36.9 Å². The Balaban J connectivity index is 1.43. The van der Waals surface area contributed by atoms with Crippen LogP contribution in [0.2, 0.25) is 10.0 Å². The number of halogens is 2. The van der Waals surface area contributed by atoms with Crippen molar-refractivity contribution in [3.63, 3.8) is 0 Å². The highest BCUT2D eigenvalue weighted by atomic mass is 35.5. The first-order chi connectivity index (χ1) is 24.1. The minimum absolute atomic E-state index is 0.0856. The SMILES string of the molecule is CCN(CC)CC1(CN2CCN(C(=O)CC3=C(C(=O)OC)C(c4c(Cl)cccc4Cl)C(C(=O)OC)C(CCc4nccs4)=N3)CC2)CCCC1. The molecule has 1 aromatic heterocycles. The van der Waals surface area contributed by atoms with E-state index in [0.717, 1.165) is 44.3 Å². The standard InChI is InChI=1S/C37H49Cl2N5O5S/c1-5-42(6-2)23-37(14-7-8-15-37)24-43-17-19-44(20-18-43)30(45)22-28-33(36(47)49-4)34(31-25(38)10-9-11-26(31)39)32(35(46)48-3)27(41-28)12-13-29-40-16-21-50-29/h9-11,16,21,32,34H,5-8,12-15,17-20,22-24H2,1-4H3. The summed E-state index contributed by atoms with van der Waals surface area (Å²) in [4.78, 5) is 57.5. The van der Waals surface area contributed by atoms with Gasteiger partial charge in [-0.1, -0.05) is 56.0 Å². The number of hydrogen-bond donors (Lipinski definition) is 0. The van der Waals surface area contributed by atoms with Crippen LogP contribution in [0.25, 0.3) is 0 Å². The molecule has 13 heteroatoms. The Morgan fingerprint density at radius 3 is 2.26 bits per heavy atom. The number of carbonyl (C=O) groups excluding carboxylic acids is 3. The van der Waals surface area contributed by atoms with Crippen molar-refractivity contribution in [1.82, 2.24) is 19.7 Å². The van der Waals surface area contributed by atoms with Gasteiger partial charge in [0.15, 0.2) is 0 Å². The molecule has 5 rings (SSSR count). The fraction of sp³-hybridized carbons (Fsp3) is 0.595. The van der Waals surface area contributed by atoms with E-state index in [1.807, 2.05) is 10.3 Å². The summed E-state index contributed by atoms with van der Waals surface area (Å²) >= 11 is 15.0. The average Bonchev–Trinajstić information content (AvgIpc) is 3.82. The summed E-state index contributed by atoms with van der Waals surface area (Å²) in [6.45, 7) is 11.5. The van der Waals surface area contributed by atoms with Gasteiger partial charge in [0.25, 0.3) is 0 Å². The Morgan fingerprint density at radius 2 is 1.68 bits per heavy atom. The third-order valence-electron chi connectivity index (χ3n) is 10.6. The highest BCUT2D eigenvalue weighted by molar-refractivity contribution is 7.09. The summed E-state index contributed by atoms with van der Waals surface area (Å²) in [5.74, 6) is -3.43. The number of benzene rings is 1. The van der Waals surface area contributed by atoms with Crippen molar-refractivity contribution in [2.75, 3.05) is 66.6 Å². The summed E-state index contributed by atoms with van der Waals surface area (Å²) in [5.41, 5.74) is 1.50. The van der Waals surface area contributed by atoms with Crippen LogP contribution in [0.15, 0.2) is 46.0 Å². The van der Waals surface area contributed by atoms with Crippen LogP contribution < -0.4 is 0 Å². The quantitative estimate of drug-likeness (QED) is 0.209. The molecule has 2 aromatic rings. The number of aromatic nitrogens is 1. The Kier molecular flexibility index (Phi) is 13.5. The maximum Gasteiger partial charge on any atom is 0.336 e. The van der Waals surface area contributed by atoms with Crippen LogP contribution in [-0.4, -0.2) is 110 Å². The third-order valence-corrected chi connectivity index (χ3v) is 12.1. The summed E-state index contributed by atoms with van der Waals surface area (Å²) < 4.78 is 10.6. The van der Waals surface area contributed by atoms with Gasteiger partial charge in [-0.25, -0.2) is 9.78 Å². The number of amides is 1. The Morgan fingerprint density at radius 1 is 1.00 bits per heavy atom. The molecule has 2 unspecified atom stereocenters. The fourth-order valence-electron chi connectivity index (χ4n) is 7.97. The number of aryl methyl sites for hydroxylation is 1. The molecule has 0 radical (unpaired) electrons. The first kappa shape index (κ1) is 38.4. The second-order valence-electron chi connectivity index (χ2n) is 13.5. The molecule has 1 amide bonds. The summed E-state index contributed by atoms with van der Waals surface area (Å²) in [5, 5.41) is 3.32. The van der Waals surface area contributed by atoms with Crippen LogP contribution in [0, 0.1) is 11.3 Å². The van der Waals surface area contributed by atoms with Crippen molar-refractivity contribution in [3.05, 3.63) is 61.7 Å². The van der Waals surface area contributed by atoms with Crippen molar-refractivity contribution < 1.29 is 23.9 Å². The predicted octanol–water partition coefficient (Wildman–Crippen LogP) is 6.27. The van der Waals surface area contributed by atoms with E-state index in [1.165, 1.54) is 51.2 Å². The predicted molar refractivity (Wildman–Crippen MR) is 198 cm³/mol. The summed E-state index contributed by atoms with van der Waals surface area (Å²) in [6, 6.07) is 5.02. The number of rotatable bonds is 14. The normalized spacial score (nSPS) is 21.0. The molecule has 3 heterocycles. The van der Waals surface area contributed by atoms with Crippen LogP contribution in [-0.2, 0) is 30.3 Å². The molecule has 1 saturated heterocycles. The lowest BCUT2D eigenvalue weighted by Gasteiger charge is -2.42. The molecule has 0 N–H and O–H groups in total. The zero-order chi connectivity index (χ0) is 35.8. The Hall–Kier alpha value is -2.83. The molecular formula is C37H49Cl2N5O5S. The van der Waals surface area contributed by atoms with Crippen molar-refractivity contribution in [3.8, 4) is 0 Å². The minimum atomic E-state index is -1.02. The number of nitrogens with zero attached hydrogens (tertiary/aromatic N) is 5. The second kappa shape index (κ2) is 17.6. The second-order valence-corrected chi connectivity index (χ2v) is 15.3. The van der Waals surface area contributed by atoms with Crippen molar-refractivity contribution in [2.24, 2.45) is 16.3 Å². The molecular weight excluding hydrogens is 697 g/mol. The van der Waals surface area contributed by atoms with Gasteiger partial charge in [0.1, 0.15) is 5.92 Å². The van der Waals surface area contributed by atoms with Crippen molar-refractivity contribution >= 4 is 58.1 Å². The lowest BCUT2D eigenvalue weighted by Crippen LogP contribution is -2.53. The topological polar surface area (TPSA) is 105 Å². The highest BCUT2D eigenvalue weighted by Crippen LogP contribution is 2.47. The van der Waals surface area contributed by atoms with Crippen molar-refractivity contribution in [2.45, 2.75) is 64.7 Å². The van der Waals surface area contributed by atoms with E-state index in [9.17, 15) is 14.4 Å². The Labute approximate surface area is 309 Å². The van der Waals surface area contributed by atoms with Gasteiger partial charge >= 0.3 is 11.9 Å². The highest BCUT2D eigenvalue weighted by Gasteiger charge is 2.46. The number of ether oxygens (including phenoxy) is 2. The molecule has 1 saturated carbocycles. The van der Waals surface area contributed by atoms with E-state index in [0.29, 0.717) is 42.6 Å². The smallest absolute Gasteiger partial charge is 0.336 e. The van der Waals surface area contributed by atoms with Crippen molar-refractivity contribution in [1.29, 1.82) is 0 Å². The van der Waals surface area contributed by atoms with Crippen LogP contribution in [0.5, 0.6) is 0 Å². The molecule has 2 fully saturated rings. The van der Waals surface area contributed by atoms with Gasteiger partial charge in [-0.3, -0.25) is 19.5 Å². The number of carbonyl (C=O) groups is 3. The van der Waals surface area contributed by atoms with E-state index in [4.69, 9.17) is 37.7 Å². The molecule has 3 aliphatic rings. The van der Waals surface area contributed by atoms with Crippen LogP contribution >= 0.6 is 34.5 Å². The van der Waals surface area contributed by atoms with Crippen LogP contribution in [0.3, 0.4) is 0 Å². The first-order valence-electron chi connectivity index (χ1n) is 17.6. The molecule has 50 heavy (non-hydrogen) atoms. The van der Waals surface area contributed by atoms with Gasteiger partial charge in [0, 0.05) is 78.9 Å². The van der Waals surface area contributed by atoms with Gasteiger partial charge in [-0.2, -0.15) is 0 Å². The number of methoxy groups -OCH3 is 2. The Bertz CT molecular complexity index is 1540. The van der Waals surface area contributed by atoms with Gasteiger partial charge in [0.2, 0.25) is 5.91 Å². The monoisotopic (exact) mass is 745 g/mol. The zero-order valence-electron chi connectivity index (χ0n) is 29.6. The zero-order valence-corrected chi connectivity index (χ0v) is 31.9. The molecule has 0 spiro atoms. The molecule has 1 aliphatic carbocycles. The molecule has 0 bridgehead atoms. The van der Waals surface area contributed by atoms with E-state index in [2.05, 4.69) is 28.6 Å². The van der Waals surface area contributed by atoms with E-state index < -0.39 is 23.8 Å². The number of aliphatic imine (C=N–C) groups is 1. The lowest BCUT2D eigenvalue weighted by atomic mass is 9.74. The van der Waals surface area contributed by atoms with Gasteiger partial charge in [-0.05, 0) is 55.5 Å². The van der Waals surface area contributed by atoms with E-state index in [-0.39, 0.29) is 33.6 Å². The molecule has 2 aliphatic heterocycles. The number of esters is 2. The molecule has 10 nitrogen and oxygen atoms in total. The maximum absolute atomic E-state index is 14.1. The van der Waals surface area contributed by atoms with Gasteiger partial charge < -0.3 is 19.3 Å². The van der Waals surface area contributed by atoms with E-state index in [1.54, 1.807) is 24.4 Å². The van der Waals surface area contributed by atoms with Crippen LogP contribution in [0.1, 0.15) is 68.9 Å². The molecule has 272 valence electrons. The third kappa shape index (κ3) is 8.78. The van der Waals surface area contributed by atoms with Gasteiger partial charge in [-0.15, -0.1) is 11.3 Å². The number of piperazine rings is 1. The fourth-order valence-corrected chi connectivity index (χ4v) is 9.22. The van der Waals surface area contributed by atoms with E-state index >= 15 is 0 Å². The first-order valence-corrected chi connectivity index (χ1v) is 19.3. The minimum Gasteiger partial charge on any atom is -0.468 e. The largest absolute Gasteiger partial charge is 0.468 e. The summed E-state index contributed by atoms with van der Waals surface area (Å²) in [7, 11) is 2.57. The molecule has 2 atom stereocenters. The average molecular weight is 747 g/mol. The number of thiazole rings is 1.